The minimum Gasteiger partial charge on any atom is -0.496 e. The molecule has 0 aliphatic rings. The minimum absolute atomic E-state index is 0.241. The number of imidazole rings is 1. The van der Waals surface area contributed by atoms with Crippen molar-refractivity contribution in [2.75, 3.05) is 7.11 Å². The number of halogens is 1. The van der Waals surface area contributed by atoms with Gasteiger partial charge in [0.25, 0.3) is 5.56 Å². The summed E-state index contributed by atoms with van der Waals surface area (Å²) in [6.07, 6.45) is 3.91. The Kier molecular flexibility index (Phi) is 6.14. The van der Waals surface area contributed by atoms with Crippen molar-refractivity contribution in [3.8, 4) is 17.1 Å². The first-order valence-corrected chi connectivity index (χ1v) is 11.9. The van der Waals surface area contributed by atoms with Gasteiger partial charge in [0.05, 0.1) is 12.7 Å². The molecule has 0 aliphatic carbocycles. The number of fused-ring (bicyclic) bond motifs is 2. The molecule has 4 heterocycles. The molecule has 0 unspecified atom stereocenters. The second kappa shape index (κ2) is 9.37. The first kappa shape index (κ1) is 22.3. The zero-order valence-electron chi connectivity index (χ0n) is 18.8. The van der Waals surface area contributed by atoms with Crippen molar-refractivity contribution in [3.05, 3.63) is 51.1 Å². The summed E-state index contributed by atoms with van der Waals surface area (Å²) < 4.78 is 14.8. The molecule has 1 N–H and O–H groups in total. The number of benzene rings is 1. The second-order valence-corrected chi connectivity index (χ2v) is 8.60. The Hall–Kier alpha value is -3.54. The fraction of sp³-hybridized carbons (Fsp3) is 0.364. The molecule has 4 aromatic heterocycles. The number of nitrogens with zero attached hydrogens (tertiary/aromatic N) is 7. The number of ether oxygens (including phenoxy) is 1. The smallest absolute Gasteiger partial charge is 0.286 e. The number of H-pyrrole nitrogens is 1. The summed E-state index contributed by atoms with van der Waals surface area (Å²) in [5.74, 6) is 2.54. The fourth-order valence-corrected chi connectivity index (χ4v) is 4.34. The Balaban J connectivity index is 1.46. The van der Waals surface area contributed by atoms with E-state index in [0.717, 1.165) is 24.8 Å². The van der Waals surface area contributed by atoms with Gasteiger partial charge in [0.15, 0.2) is 15.9 Å². The lowest BCUT2D eigenvalue weighted by Crippen LogP contribution is -2.21. The van der Waals surface area contributed by atoms with Crippen LogP contribution in [0.4, 0.5) is 0 Å². The molecule has 0 atom stereocenters. The highest BCUT2D eigenvalue weighted by Gasteiger charge is 2.20. The summed E-state index contributed by atoms with van der Waals surface area (Å²) in [7, 11) is 1.60. The van der Waals surface area contributed by atoms with Gasteiger partial charge in [-0.15, -0.1) is 10.2 Å². The molecule has 5 rings (SSSR count). The van der Waals surface area contributed by atoms with Crippen molar-refractivity contribution >= 4 is 32.9 Å². The molecule has 0 fully saturated rings. The molecule has 0 spiro atoms. The zero-order chi connectivity index (χ0) is 23.7. The van der Waals surface area contributed by atoms with Crippen LogP contribution < -0.4 is 10.3 Å². The van der Waals surface area contributed by atoms with Crippen LogP contribution in [0.15, 0.2) is 38.3 Å². The summed E-state index contributed by atoms with van der Waals surface area (Å²) in [5.41, 5.74) is 1.48. The van der Waals surface area contributed by atoms with Crippen LogP contribution >= 0.6 is 15.9 Å². The lowest BCUT2D eigenvalue weighted by Gasteiger charge is -2.09. The van der Waals surface area contributed by atoms with Gasteiger partial charge in [-0.2, -0.15) is 4.98 Å². The molecular weight excluding hydrogens is 504 g/mol. The predicted octanol–water partition coefficient (Wildman–Crippen LogP) is 3.56. The number of unbranched alkanes of at least 4 members (excludes halogenated alkanes) is 2. The summed E-state index contributed by atoms with van der Waals surface area (Å²) in [6.45, 7) is 2.84. The Bertz CT molecular complexity index is 1520. The maximum atomic E-state index is 13.2. The average Bonchev–Trinajstić information content (AvgIpc) is 3.58. The van der Waals surface area contributed by atoms with Gasteiger partial charge in [-0.05, 0) is 34.5 Å². The number of rotatable bonds is 9. The van der Waals surface area contributed by atoms with Crippen LogP contribution in [0.2, 0.25) is 0 Å². The van der Waals surface area contributed by atoms with Crippen LogP contribution in [0.25, 0.3) is 28.3 Å². The number of hydrogen-bond acceptors (Lipinski definition) is 8. The molecule has 1 aromatic carbocycles. The Labute approximate surface area is 202 Å². The topological polar surface area (TPSA) is 129 Å². The molecule has 5 aromatic rings. The highest BCUT2D eigenvalue weighted by Crippen LogP contribution is 2.27. The quantitative estimate of drug-likeness (QED) is 0.228. The first-order chi connectivity index (χ1) is 16.6. The number of aromatic amines is 1. The van der Waals surface area contributed by atoms with E-state index in [-0.39, 0.29) is 5.56 Å². The number of methoxy groups -OCH3 is 1. The van der Waals surface area contributed by atoms with Gasteiger partial charge in [0.2, 0.25) is 17.5 Å². The van der Waals surface area contributed by atoms with Gasteiger partial charge < -0.3 is 14.2 Å². The van der Waals surface area contributed by atoms with E-state index in [4.69, 9.17) is 9.26 Å². The fourth-order valence-electron chi connectivity index (χ4n) is 3.98. The summed E-state index contributed by atoms with van der Waals surface area (Å²) in [6, 6.07) is 7.47. The molecule has 0 saturated carbocycles. The van der Waals surface area contributed by atoms with E-state index >= 15 is 0 Å². The number of para-hydroxylation sites is 1. The van der Waals surface area contributed by atoms with Crippen molar-refractivity contribution in [2.24, 2.45) is 0 Å². The minimum atomic E-state index is -0.241. The van der Waals surface area contributed by atoms with E-state index < -0.39 is 0 Å². The summed E-state index contributed by atoms with van der Waals surface area (Å²) in [4.78, 5) is 25.2. The van der Waals surface area contributed by atoms with Gasteiger partial charge in [0, 0.05) is 19.4 Å². The molecule has 0 saturated heterocycles. The van der Waals surface area contributed by atoms with Crippen LogP contribution in [-0.4, -0.2) is 46.4 Å². The molecule has 0 aliphatic heterocycles. The van der Waals surface area contributed by atoms with Crippen LogP contribution in [0, 0.1) is 0 Å². The van der Waals surface area contributed by atoms with Crippen LogP contribution in [0.3, 0.4) is 0 Å². The molecular formula is C22H23BrN8O3. The number of aryl methyl sites for hydroxylation is 3. The third-order valence-corrected chi connectivity index (χ3v) is 6.02. The highest BCUT2D eigenvalue weighted by molar-refractivity contribution is 9.10. The van der Waals surface area contributed by atoms with Crippen molar-refractivity contribution in [1.29, 1.82) is 0 Å². The Morgan fingerprint density at radius 1 is 1.15 bits per heavy atom. The normalized spacial score (nSPS) is 11.6. The highest BCUT2D eigenvalue weighted by atomic mass is 79.9. The lowest BCUT2D eigenvalue weighted by molar-refractivity contribution is 0.377. The van der Waals surface area contributed by atoms with Gasteiger partial charge in [0.1, 0.15) is 11.6 Å². The monoisotopic (exact) mass is 526 g/mol. The lowest BCUT2D eigenvalue weighted by atomic mass is 10.2. The Morgan fingerprint density at radius 3 is 2.82 bits per heavy atom. The van der Waals surface area contributed by atoms with Crippen LogP contribution in [-0.2, 0) is 19.4 Å². The largest absolute Gasteiger partial charge is 0.496 e. The van der Waals surface area contributed by atoms with E-state index in [1.165, 1.54) is 4.40 Å². The number of hydrogen-bond donors (Lipinski definition) is 1. The maximum absolute atomic E-state index is 13.2. The summed E-state index contributed by atoms with van der Waals surface area (Å²) >= 11 is 3.35. The van der Waals surface area contributed by atoms with Gasteiger partial charge in [-0.3, -0.25) is 9.36 Å². The third-order valence-electron chi connectivity index (χ3n) is 5.65. The van der Waals surface area contributed by atoms with E-state index in [2.05, 4.69) is 53.2 Å². The molecule has 34 heavy (non-hydrogen) atoms. The second-order valence-electron chi connectivity index (χ2n) is 7.85. The number of nitrogens with one attached hydrogen (secondary N) is 1. The van der Waals surface area contributed by atoms with Crippen molar-refractivity contribution in [2.45, 2.75) is 45.6 Å². The van der Waals surface area contributed by atoms with Crippen molar-refractivity contribution in [3.63, 3.8) is 0 Å². The van der Waals surface area contributed by atoms with E-state index in [9.17, 15) is 4.79 Å². The van der Waals surface area contributed by atoms with Gasteiger partial charge in [-0.25, -0.2) is 9.38 Å². The molecule has 0 amide bonds. The standard InChI is InChI=1S/C22H23BrN8O3/c1-3-4-7-12-30-19-17(25-21(23)26-19)20(32)31-15(27-28-22(30)31)10-11-16-24-18(29-34-16)13-8-5-6-9-14(13)33-2/h5-6,8-9H,3-4,7,10-12H2,1-2H3,(H,25,26). The van der Waals surface area contributed by atoms with E-state index in [1.807, 2.05) is 28.8 Å². The van der Waals surface area contributed by atoms with Crippen LogP contribution in [0.5, 0.6) is 5.75 Å². The zero-order valence-corrected chi connectivity index (χ0v) is 20.4. The molecule has 11 nitrogen and oxygen atoms in total. The van der Waals surface area contributed by atoms with Crippen molar-refractivity contribution < 1.29 is 9.26 Å². The average molecular weight is 527 g/mol. The molecule has 176 valence electrons. The van der Waals surface area contributed by atoms with E-state index in [0.29, 0.717) is 64.4 Å². The van der Waals surface area contributed by atoms with Crippen molar-refractivity contribution in [1.82, 2.24) is 39.3 Å². The molecule has 0 bridgehead atoms. The number of aromatic nitrogens is 8. The Morgan fingerprint density at radius 2 is 2.00 bits per heavy atom. The third kappa shape index (κ3) is 3.98. The van der Waals surface area contributed by atoms with Gasteiger partial charge >= 0.3 is 0 Å². The predicted molar refractivity (Wildman–Crippen MR) is 128 cm³/mol. The maximum Gasteiger partial charge on any atom is 0.286 e. The van der Waals surface area contributed by atoms with E-state index in [1.54, 1.807) is 7.11 Å². The summed E-state index contributed by atoms with van der Waals surface area (Å²) in [5, 5.41) is 12.7. The SMILES string of the molecule is CCCCCn1c2nc(Br)[nH]c2c(=O)n2c(CCc3nc(-c4ccccc4OC)no3)nnc12. The molecule has 12 heteroatoms. The molecule has 0 radical (unpaired) electrons. The van der Waals surface area contributed by atoms with Gasteiger partial charge in [-0.1, -0.05) is 37.1 Å². The van der Waals surface area contributed by atoms with Crippen LogP contribution in [0.1, 0.15) is 37.9 Å². The first-order valence-electron chi connectivity index (χ1n) is 11.1.